The molecule has 1 N–H and O–H groups in total. The lowest BCUT2D eigenvalue weighted by molar-refractivity contribution is -0.136. The van der Waals surface area contributed by atoms with Crippen LogP contribution < -0.4 is 4.90 Å². The first kappa shape index (κ1) is 16.4. The highest BCUT2D eigenvalue weighted by Crippen LogP contribution is 2.41. The van der Waals surface area contributed by atoms with Gasteiger partial charge in [0.15, 0.2) is 0 Å². The molecule has 0 fully saturated rings. The van der Waals surface area contributed by atoms with Crippen LogP contribution in [-0.2, 0) is 4.79 Å². The number of aliphatic carboxylic acids is 1. The van der Waals surface area contributed by atoms with Gasteiger partial charge >= 0.3 is 5.97 Å². The number of aryl methyl sites for hydroxylation is 2. The SMILES string of the molecule is Cc1ccc(-c2c(C)sc3ncnc(N(C)CCC(=O)O)c23)cc1. The van der Waals surface area contributed by atoms with Crippen LogP contribution in [0.15, 0.2) is 30.6 Å². The number of carboxylic acid groups (broad SMARTS) is 1. The lowest BCUT2D eigenvalue weighted by atomic mass is 10.0. The van der Waals surface area contributed by atoms with Crippen molar-refractivity contribution in [3.8, 4) is 11.1 Å². The van der Waals surface area contributed by atoms with Gasteiger partial charge in [-0.15, -0.1) is 11.3 Å². The fourth-order valence-corrected chi connectivity index (χ4v) is 3.76. The molecule has 2 heterocycles. The highest BCUT2D eigenvalue weighted by atomic mass is 32.1. The van der Waals surface area contributed by atoms with Crippen molar-refractivity contribution in [2.24, 2.45) is 0 Å². The largest absolute Gasteiger partial charge is 0.481 e. The quantitative estimate of drug-likeness (QED) is 0.763. The van der Waals surface area contributed by atoms with Crippen LogP contribution in [0.2, 0.25) is 0 Å². The maximum absolute atomic E-state index is 10.9. The Hall–Kier alpha value is -2.47. The number of thiophene rings is 1. The molecule has 0 aliphatic rings. The van der Waals surface area contributed by atoms with Gasteiger partial charge in [-0.25, -0.2) is 9.97 Å². The number of hydrogen-bond acceptors (Lipinski definition) is 5. The standard InChI is InChI=1S/C18H19N3O2S/c1-11-4-6-13(7-5-11)15-12(2)24-18-16(15)17(19-10-20-18)21(3)9-8-14(22)23/h4-7,10H,8-9H2,1-3H3,(H,22,23). The van der Waals surface area contributed by atoms with Crippen molar-refractivity contribution in [1.82, 2.24) is 9.97 Å². The average molecular weight is 341 g/mol. The molecule has 0 saturated heterocycles. The molecule has 0 aliphatic carbocycles. The van der Waals surface area contributed by atoms with Crippen LogP contribution in [0.1, 0.15) is 16.9 Å². The molecule has 2 aromatic heterocycles. The lowest BCUT2D eigenvalue weighted by Gasteiger charge is -2.18. The summed E-state index contributed by atoms with van der Waals surface area (Å²) in [5.41, 5.74) is 3.48. The topological polar surface area (TPSA) is 66.3 Å². The number of carboxylic acids is 1. The van der Waals surface area contributed by atoms with E-state index in [1.165, 1.54) is 10.4 Å². The number of rotatable bonds is 5. The first-order valence-electron chi connectivity index (χ1n) is 7.71. The zero-order chi connectivity index (χ0) is 17.3. The van der Waals surface area contributed by atoms with Gasteiger partial charge in [-0.2, -0.15) is 0 Å². The highest BCUT2D eigenvalue weighted by Gasteiger charge is 2.19. The number of aromatic nitrogens is 2. The molecule has 3 rings (SSSR count). The average Bonchev–Trinajstić information content (AvgIpc) is 2.89. The van der Waals surface area contributed by atoms with E-state index in [1.54, 1.807) is 17.7 Å². The molecular weight excluding hydrogens is 322 g/mol. The van der Waals surface area contributed by atoms with Gasteiger partial charge < -0.3 is 10.0 Å². The smallest absolute Gasteiger partial charge is 0.305 e. The Balaban J connectivity index is 2.14. The summed E-state index contributed by atoms with van der Waals surface area (Å²) in [6.45, 7) is 4.56. The number of hydrogen-bond donors (Lipinski definition) is 1. The first-order valence-corrected chi connectivity index (χ1v) is 8.53. The Bertz CT molecular complexity index is 887. The van der Waals surface area contributed by atoms with Gasteiger partial charge in [-0.1, -0.05) is 29.8 Å². The van der Waals surface area contributed by atoms with E-state index in [9.17, 15) is 4.79 Å². The van der Waals surface area contributed by atoms with E-state index in [4.69, 9.17) is 5.11 Å². The molecule has 6 heteroatoms. The molecular formula is C18H19N3O2S. The van der Waals surface area contributed by atoms with E-state index in [0.29, 0.717) is 6.54 Å². The predicted octanol–water partition coefficient (Wildman–Crippen LogP) is 3.89. The molecule has 1 aromatic carbocycles. The third kappa shape index (κ3) is 3.10. The molecule has 0 radical (unpaired) electrons. The van der Waals surface area contributed by atoms with Crippen LogP contribution >= 0.6 is 11.3 Å². The second-order valence-corrected chi connectivity index (χ2v) is 7.05. The number of anilines is 1. The third-order valence-electron chi connectivity index (χ3n) is 4.01. The second-order valence-electron chi connectivity index (χ2n) is 5.84. The zero-order valence-electron chi connectivity index (χ0n) is 13.9. The Kier molecular flexibility index (Phi) is 4.49. The Morgan fingerprint density at radius 2 is 1.92 bits per heavy atom. The summed E-state index contributed by atoms with van der Waals surface area (Å²) < 4.78 is 0. The van der Waals surface area contributed by atoms with Crippen molar-refractivity contribution in [1.29, 1.82) is 0 Å². The van der Waals surface area contributed by atoms with Crippen LogP contribution in [0.5, 0.6) is 0 Å². The van der Waals surface area contributed by atoms with E-state index >= 15 is 0 Å². The summed E-state index contributed by atoms with van der Waals surface area (Å²) in [6, 6.07) is 8.40. The monoisotopic (exact) mass is 341 g/mol. The van der Waals surface area contributed by atoms with Gasteiger partial charge in [0.2, 0.25) is 0 Å². The minimum Gasteiger partial charge on any atom is -0.481 e. The first-order chi connectivity index (χ1) is 11.5. The number of carbonyl (C=O) groups is 1. The maximum atomic E-state index is 10.9. The number of nitrogens with zero attached hydrogens (tertiary/aromatic N) is 3. The van der Waals surface area contributed by atoms with Crippen LogP contribution in [0, 0.1) is 13.8 Å². The Morgan fingerprint density at radius 1 is 1.21 bits per heavy atom. The van der Waals surface area contributed by atoms with Crippen molar-refractivity contribution < 1.29 is 9.90 Å². The molecule has 0 atom stereocenters. The number of fused-ring (bicyclic) bond motifs is 1. The second kappa shape index (κ2) is 6.57. The normalized spacial score (nSPS) is 11.0. The van der Waals surface area contributed by atoms with Gasteiger partial charge in [0, 0.05) is 24.0 Å². The van der Waals surface area contributed by atoms with Crippen LogP contribution in [0.4, 0.5) is 5.82 Å². The molecule has 124 valence electrons. The summed E-state index contributed by atoms with van der Waals surface area (Å²) >= 11 is 1.64. The van der Waals surface area contributed by atoms with Crippen LogP contribution in [0.3, 0.4) is 0 Å². The predicted molar refractivity (Wildman–Crippen MR) is 97.8 cm³/mol. The molecule has 0 amide bonds. The van der Waals surface area contributed by atoms with Gasteiger partial charge in [0.05, 0.1) is 11.8 Å². The van der Waals surface area contributed by atoms with Crippen molar-refractivity contribution in [2.75, 3.05) is 18.5 Å². The molecule has 0 spiro atoms. The molecule has 5 nitrogen and oxygen atoms in total. The van der Waals surface area contributed by atoms with E-state index in [2.05, 4.69) is 48.1 Å². The zero-order valence-corrected chi connectivity index (χ0v) is 14.7. The Morgan fingerprint density at radius 3 is 2.58 bits per heavy atom. The minimum atomic E-state index is -0.813. The number of benzene rings is 1. The summed E-state index contributed by atoms with van der Waals surface area (Å²) in [4.78, 5) is 23.7. The highest BCUT2D eigenvalue weighted by molar-refractivity contribution is 7.19. The molecule has 0 bridgehead atoms. The Labute approximate surface area is 144 Å². The molecule has 24 heavy (non-hydrogen) atoms. The van der Waals surface area contributed by atoms with Crippen molar-refractivity contribution in [3.05, 3.63) is 41.0 Å². The van der Waals surface area contributed by atoms with Gasteiger partial charge in [-0.3, -0.25) is 4.79 Å². The van der Waals surface area contributed by atoms with Crippen LogP contribution in [0.25, 0.3) is 21.3 Å². The molecule has 0 saturated carbocycles. The summed E-state index contributed by atoms with van der Waals surface area (Å²) in [5.74, 6) is -0.0337. The van der Waals surface area contributed by atoms with E-state index in [1.807, 2.05) is 11.9 Å². The minimum absolute atomic E-state index is 0.0744. The molecule has 0 aliphatic heterocycles. The summed E-state index contributed by atoms with van der Waals surface area (Å²) in [6.07, 6.45) is 1.62. The molecule has 3 aromatic rings. The lowest BCUT2D eigenvalue weighted by Crippen LogP contribution is -2.22. The van der Waals surface area contributed by atoms with Crippen LogP contribution in [-0.4, -0.2) is 34.6 Å². The van der Waals surface area contributed by atoms with E-state index < -0.39 is 5.97 Å². The van der Waals surface area contributed by atoms with Crippen molar-refractivity contribution in [2.45, 2.75) is 20.3 Å². The summed E-state index contributed by atoms with van der Waals surface area (Å²) in [7, 11) is 1.87. The fraction of sp³-hybridized carbons (Fsp3) is 0.278. The van der Waals surface area contributed by atoms with Crippen molar-refractivity contribution in [3.63, 3.8) is 0 Å². The van der Waals surface area contributed by atoms with Gasteiger partial charge in [0.1, 0.15) is 17.0 Å². The fourth-order valence-electron chi connectivity index (χ4n) is 2.76. The van der Waals surface area contributed by atoms with Gasteiger partial charge in [0.25, 0.3) is 0 Å². The van der Waals surface area contributed by atoms with E-state index in [-0.39, 0.29) is 6.42 Å². The maximum Gasteiger partial charge on any atom is 0.305 e. The van der Waals surface area contributed by atoms with E-state index in [0.717, 1.165) is 27.2 Å². The molecule has 0 unspecified atom stereocenters. The third-order valence-corrected chi connectivity index (χ3v) is 5.02. The van der Waals surface area contributed by atoms with Gasteiger partial charge in [-0.05, 0) is 19.4 Å². The summed E-state index contributed by atoms with van der Waals surface area (Å²) in [5, 5.41) is 9.92. The van der Waals surface area contributed by atoms with Crippen molar-refractivity contribution >= 4 is 33.3 Å².